The average Bonchev–Trinajstić information content (AvgIpc) is 3.90. The van der Waals surface area contributed by atoms with Gasteiger partial charge < -0.3 is 20.7 Å². The van der Waals surface area contributed by atoms with E-state index in [1.54, 1.807) is 24.8 Å². The number of imidazole rings is 3. The van der Waals surface area contributed by atoms with Gasteiger partial charge in [0, 0.05) is 62.3 Å². The second kappa shape index (κ2) is 17.9. The topological polar surface area (TPSA) is 269 Å². The number of aromatic nitrogens is 9. The Morgan fingerprint density at radius 1 is 0.560 bits per heavy atom. The largest absolute Gasteiger partial charge is 0.476 e. The van der Waals surface area contributed by atoms with Gasteiger partial charge in [-0.25, -0.2) is 24.5 Å². The molecule has 4 N–H and O–H groups in total. The van der Waals surface area contributed by atoms with E-state index in [0.29, 0.717) is 9.46 Å². The highest BCUT2D eigenvalue weighted by atomic mass is 16.5. The molecule has 50 heavy (non-hydrogen) atoms. The number of carboxylic acids is 1. The summed E-state index contributed by atoms with van der Waals surface area (Å²) in [6, 6.07) is 11.1. The highest BCUT2D eigenvalue weighted by Gasteiger charge is 2.13. The number of carbonyl (C=O) groups is 4. The van der Waals surface area contributed by atoms with Gasteiger partial charge >= 0.3 is 12.0 Å². The molecule has 0 amide bonds. The number of nitrogens with zero attached hydrogens (tertiary/aromatic N) is 9. The molecule has 0 aliphatic rings. The number of hydrogen-bond donors (Lipinski definition) is 4. The summed E-state index contributed by atoms with van der Waals surface area (Å²) in [4.78, 5) is 87.6. The number of pyridine rings is 3. The summed E-state index contributed by atoms with van der Waals surface area (Å²) in [5, 5.41) is 35.4. The fourth-order valence-electron chi connectivity index (χ4n) is 3.42. The molecule has 0 saturated heterocycles. The van der Waals surface area contributed by atoms with Gasteiger partial charge in [0.1, 0.15) is 30.4 Å². The molecule has 6 heterocycles. The minimum atomic E-state index is -1.34. The number of Topliss-reactive ketones (excluding diaryl/α,β-unsaturated/α-hetero) is 1. The molecule has 0 unspecified atom stereocenters. The summed E-state index contributed by atoms with van der Waals surface area (Å²) in [6.07, 6.45) is 13.3. The first-order valence-electron chi connectivity index (χ1n) is 13.3. The Morgan fingerprint density at radius 3 is 1.26 bits per heavy atom. The van der Waals surface area contributed by atoms with E-state index in [2.05, 4.69) is 15.0 Å². The second-order valence-electron chi connectivity index (χ2n) is 9.04. The first-order chi connectivity index (χ1) is 23.3. The molecule has 6 aromatic heterocycles. The predicted molar refractivity (Wildman–Crippen MR) is 170 cm³/mol. The van der Waals surface area contributed by atoms with E-state index < -0.39 is 34.2 Å². The van der Waals surface area contributed by atoms with Crippen LogP contribution in [0.2, 0.25) is 0 Å². The molecule has 0 fully saturated rings. The number of hydrogen-bond acceptors (Lipinski definition) is 13. The molecular formula is C30H29N9O11. The van der Waals surface area contributed by atoms with Gasteiger partial charge in [-0.05, 0) is 18.2 Å². The smallest absolute Gasteiger partial charge is 0.356 e. The highest BCUT2D eigenvalue weighted by Crippen LogP contribution is 1.99. The standard InChI is InChI=1S/C9H7N3O3.C7H6N4O.C7H7NO3.C6H5NO4.CH4/c13-8-3-1-2-7(12(8)15)9(14)11-5-4-10-6-11;12-7(10-3-1-8-5-10)11-4-2-9-6-11;1-5(9)6-3-2-4-7(10)8(6)11;8-5-3-1-2-4(6(9)10)7(5)11;/h1-6,15H;1-6H;2-4,11H,1H3;1-3,11H,(H,9,10);1H4. The van der Waals surface area contributed by atoms with E-state index in [1.807, 2.05) is 0 Å². The number of ketones is 1. The molecule has 20 nitrogen and oxygen atoms in total. The lowest BCUT2D eigenvalue weighted by Crippen LogP contribution is -2.25. The third-order valence-corrected chi connectivity index (χ3v) is 5.78. The maximum atomic E-state index is 11.7. The van der Waals surface area contributed by atoms with Crippen LogP contribution in [-0.4, -0.2) is 87.3 Å². The Kier molecular flexibility index (Phi) is 13.8. The Morgan fingerprint density at radius 2 is 0.920 bits per heavy atom. The molecule has 20 heteroatoms. The van der Waals surface area contributed by atoms with Crippen molar-refractivity contribution >= 4 is 23.7 Å². The maximum Gasteiger partial charge on any atom is 0.356 e. The quantitative estimate of drug-likeness (QED) is 0.150. The Bertz CT molecular complexity index is 2110. The van der Waals surface area contributed by atoms with Gasteiger partial charge in [-0.3, -0.25) is 37.7 Å². The van der Waals surface area contributed by atoms with Crippen molar-refractivity contribution in [1.82, 2.24) is 42.8 Å². The summed E-state index contributed by atoms with van der Waals surface area (Å²) in [5.41, 5.74) is -2.57. The van der Waals surface area contributed by atoms with Crippen LogP contribution in [0.3, 0.4) is 0 Å². The van der Waals surface area contributed by atoms with Crippen molar-refractivity contribution in [2.24, 2.45) is 0 Å². The molecule has 260 valence electrons. The Hall–Kier alpha value is -7.64. The fourth-order valence-corrected chi connectivity index (χ4v) is 3.42. The lowest BCUT2D eigenvalue weighted by Gasteiger charge is -2.04. The molecule has 0 atom stereocenters. The minimum Gasteiger partial charge on any atom is -0.476 e. The first kappa shape index (κ1) is 38.5. The summed E-state index contributed by atoms with van der Waals surface area (Å²) in [6.45, 7) is 1.28. The molecule has 0 radical (unpaired) electrons. The number of carbonyl (C=O) groups excluding carboxylic acids is 3. The van der Waals surface area contributed by atoms with Crippen LogP contribution in [0.15, 0.2) is 125 Å². The fraction of sp³-hybridized carbons (Fsp3) is 0.0667. The molecule has 0 aromatic carbocycles. The molecule has 6 aromatic rings. The van der Waals surface area contributed by atoms with E-state index >= 15 is 0 Å². The van der Waals surface area contributed by atoms with Crippen LogP contribution >= 0.6 is 0 Å². The normalized spacial score (nSPS) is 9.62. The van der Waals surface area contributed by atoms with E-state index in [1.165, 1.54) is 88.4 Å². The minimum absolute atomic E-state index is 0. The van der Waals surface area contributed by atoms with Gasteiger partial charge in [0.2, 0.25) is 0 Å². The predicted octanol–water partition coefficient (Wildman–Crippen LogP) is 1.27. The molecule has 0 aliphatic heterocycles. The van der Waals surface area contributed by atoms with Crippen molar-refractivity contribution in [3.8, 4) is 0 Å². The van der Waals surface area contributed by atoms with Crippen molar-refractivity contribution in [3.63, 3.8) is 0 Å². The molecule has 0 spiro atoms. The summed E-state index contributed by atoms with van der Waals surface area (Å²) >= 11 is 0. The van der Waals surface area contributed by atoms with Crippen molar-refractivity contribution in [3.05, 3.63) is 159 Å². The lowest BCUT2D eigenvalue weighted by atomic mass is 10.3. The van der Waals surface area contributed by atoms with Crippen molar-refractivity contribution in [2.75, 3.05) is 0 Å². The Labute approximate surface area is 279 Å². The number of rotatable bonds is 3. The zero-order chi connectivity index (χ0) is 36.1. The van der Waals surface area contributed by atoms with Gasteiger partial charge in [0.05, 0.1) is 0 Å². The van der Waals surface area contributed by atoms with E-state index in [-0.39, 0.29) is 35.4 Å². The van der Waals surface area contributed by atoms with Gasteiger partial charge in [0.15, 0.2) is 11.5 Å². The van der Waals surface area contributed by atoms with E-state index in [4.69, 9.17) is 15.5 Å². The van der Waals surface area contributed by atoms with Gasteiger partial charge in [-0.1, -0.05) is 25.6 Å². The van der Waals surface area contributed by atoms with Gasteiger partial charge in [-0.2, -0.15) is 0 Å². The third kappa shape index (κ3) is 9.93. The van der Waals surface area contributed by atoms with E-state index in [9.17, 15) is 38.8 Å². The van der Waals surface area contributed by atoms with Crippen molar-refractivity contribution in [2.45, 2.75) is 14.4 Å². The first-order valence-corrected chi connectivity index (χ1v) is 13.3. The SMILES string of the molecule is C.CC(=O)c1cccc(=O)n1O.O=C(O)c1cccc(=O)n1O.O=C(c1cccc(=O)n1O)n1ccnc1.O=C(n1ccnc1)n1ccnc1. The number of carboxylic acid groups (broad SMARTS) is 1. The molecule has 0 aliphatic carbocycles. The molecule has 0 bridgehead atoms. The zero-order valence-corrected chi connectivity index (χ0v) is 25.1. The Balaban J connectivity index is 0.000000232. The summed E-state index contributed by atoms with van der Waals surface area (Å²) < 4.78 is 4.65. The second-order valence-corrected chi connectivity index (χ2v) is 9.04. The maximum absolute atomic E-state index is 11.7. The monoisotopic (exact) mass is 691 g/mol. The van der Waals surface area contributed by atoms with Gasteiger partial charge in [-0.15, -0.1) is 14.2 Å². The zero-order valence-electron chi connectivity index (χ0n) is 25.1. The highest BCUT2D eigenvalue weighted by molar-refractivity contribution is 5.94. The van der Waals surface area contributed by atoms with Crippen LogP contribution < -0.4 is 16.7 Å². The molecular weight excluding hydrogens is 662 g/mol. The molecule has 0 saturated carbocycles. The van der Waals surface area contributed by atoms with Crippen LogP contribution in [0, 0.1) is 0 Å². The van der Waals surface area contributed by atoms with Crippen molar-refractivity contribution < 1.29 is 39.9 Å². The van der Waals surface area contributed by atoms with Crippen LogP contribution in [0.1, 0.15) is 45.8 Å². The summed E-state index contributed by atoms with van der Waals surface area (Å²) in [5.74, 6) is -2.21. The van der Waals surface area contributed by atoms with Gasteiger partial charge in [0.25, 0.3) is 22.6 Å². The van der Waals surface area contributed by atoms with Crippen LogP contribution in [0.5, 0.6) is 0 Å². The number of aromatic carboxylic acids is 1. The third-order valence-electron chi connectivity index (χ3n) is 5.78. The van der Waals surface area contributed by atoms with Crippen LogP contribution in [0.25, 0.3) is 0 Å². The van der Waals surface area contributed by atoms with Crippen molar-refractivity contribution in [1.29, 1.82) is 0 Å². The van der Waals surface area contributed by atoms with Crippen LogP contribution in [-0.2, 0) is 0 Å². The molecule has 6 rings (SSSR count). The summed E-state index contributed by atoms with van der Waals surface area (Å²) in [7, 11) is 0. The average molecular weight is 692 g/mol. The van der Waals surface area contributed by atoms with E-state index in [0.717, 1.165) is 18.2 Å². The lowest BCUT2D eigenvalue weighted by molar-refractivity contribution is 0.0633. The van der Waals surface area contributed by atoms with Crippen LogP contribution in [0.4, 0.5) is 4.79 Å².